The molecule has 1 aromatic heterocycles. The minimum atomic E-state index is -0.0177. The van der Waals surface area contributed by atoms with Gasteiger partial charge in [-0.15, -0.1) is 10.2 Å². The van der Waals surface area contributed by atoms with Gasteiger partial charge in [0.2, 0.25) is 0 Å². The Bertz CT molecular complexity index is 668. The first kappa shape index (κ1) is 15.7. The summed E-state index contributed by atoms with van der Waals surface area (Å²) in [6.45, 7) is 3.32. The highest BCUT2D eigenvalue weighted by atomic mass is 16.5. The van der Waals surface area contributed by atoms with Crippen molar-refractivity contribution in [2.24, 2.45) is 7.05 Å². The van der Waals surface area contributed by atoms with Crippen molar-refractivity contribution in [1.82, 2.24) is 19.7 Å². The van der Waals surface area contributed by atoms with Crippen LogP contribution in [0.1, 0.15) is 17.5 Å². The normalized spacial score (nSPS) is 19.3. The van der Waals surface area contributed by atoms with Crippen LogP contribution in [0.5, 0.6) is 5.75 Å². The molecule has 1 atom stereocenters. The van der Waals surface area contributed by atoms with Gasteiger partial charge in [0, 0.05) is 32.2 Å². The lowest BCUT2D eigenvalue weighted by Crippen LogP contribution is -2.39. The minimum absolute atomic E-state index is 0.0177. The van der Waals surface area contributed by atoms with E-state index in [1.54, 1.807) is 13.4 Å². The van der Waals surface area contributed by atoms with Gasteiger partial charge in [0.1, 0.15) is 18.2 Å². The summed E-state index contributed by atoms with van der Waals surface area (Å²) in [6, 6.07) is 8.01. The van der Waals surface area contributed by atoms with Gasteiger partial charge in [-0.05, 0) is 6.07 Å². The maximum absolute atomic E-state index is 5.83. The fourth-order valence-corrected chi connectivity index (χ4v) is 2.74. The van der Waals surface area contributed by atoms with Crippen molar-refractivity contribution >= 4 is 6.08 Å². The van der Waals surface area contributed by atoms with E-state index in [0.717, 1.165) is 36.8 Å². The predicted molar refractivity (Wildman–Crippen MR) is 88.2 cm³/mol. The van der Waals surface area contributed by atoms with E-state index >= 15 is 0 Å². The lowest BCUT2D eigenvalue weighted by molar-refractivity contribution is -0.0318. The zero-order valence-electron chi connectivity index (χ0n) is 13.6. The first-order chi connectivity index (χ1) is 11.3. The first-order valence-corrected chi connectivity index (χ1v) is 7.75. The molecule has 1 aliphatic heterocycles. The Morgan fingerprint density at radius 3 is 3.04 bits per heavy atom. The molecule has 2 heterocycles. The fraction of sp³-hybridized carbons (Fsp3) is 0.412. The third-order valence-electron chi connectivity index (χ3n) is 3.98. The zero-order chi connectivity index (χ0) is 16.1. The van der Waals surface area contributed by atoms with Crippen LogP contribution in [0.15, 0.2) is 36.7 Å². The quantitative estimate of drug-likeness (QED) is 0.844. The highest BCUT2D eigenvalue weighted by Crippen LogP contribution is 2.21. The lowest BCUT2D eigenvalue weighted by Gasteiger charge is -2.31. The molecular formula is C17H22N4O2. The van der Waals surface area contributed by atoms with Gasteiger partial charge in [0.15, 0.2) is 5.82 Å². The molecule has 6 nitrogen and oxygen atoms in total. The van der Waals surface area contributed by atoms with Crippen LogP contribution in [-0.2, 0) is 11.8 Å². The number of hydrogen-bond acceptors (Lipinski definition) is 5. The maximum Gasteiger partial charge on any atom is 0.163 e. The SMILES string of the molecule is COc1ccccc1/C=C/CN1CCOC(c2nncn2C)C1. The summed E-state index contributed by atoms with van der Waals surface area (Å²) < 4.78 is 13.1. The molecule has 0 saturated carbocycles. The molecule has 1 fully saturated rings. The zero-order valence-corrected chi connectivity index (χ0v) is 13.6. The van der Waals surface area contributed by atoms with Gasteiger partial charge in [0.05, 0.1) is 13.7 Å². The van der Waals surface area contributed by atoms with Crippen LogP contribution in [0.4, 0.5) is 0 Å². The average molecular weight is 314 g/mol. The number of rotatable bonds is 5. The Labute approximate surface area is 136 Å². The van der Waals surface area contributed by atoms with Crippen molar-refractivity contribution < 1.29 is 9.47 Å². The van der Waals surface area contributed by atoms with Gasteiger partial charge in [0.25, 0.3) is 0 Å². The van der Waals surface area contributed by atoms with Crippen LogP contribution >= 0.6 is 0 Å². The largest absolute Gasteiger partial charge is 0.496 e. The van der Waals surface area contributed by atoms with E-state index in [1.165, 1.54) is 0 Å². The number of ether oxygens (including phenoxy) is 2. The van der Waals surface area contributed by atoms with Crippen molar-refractivity contribution in [3.8, 4) is 5.75 Å². The van der Waals surface area contributed by atoms with E-state index in [4.69, 9.17) is 9.47 Å². The number of methoxy groups -OCH3 is 1. The summed E-state index contributed by atoms with van der Waals surface area (Å²) in [6.07, 6.45) is 5.96. The van der Waals surface area contributed by atoms with Crippen LogP contribution < -0.4 is 4.74 Å². The van der Waals surface area contributed by atoms with Crippen molar-refractivity contribution in [2.45, 2.75) is 6.10 Å². The van der Waals surface area contributed by atoms with Crippen LogP contribution in [0.2, 0.25) is 0 Å². The lowest BCUT2D eigenvalue weighted by atomic mass is 10.2. The molecule has 2 aromatic rings. The minimum Gasteiger partial charge on any atom is -0.496 e. The van der Waals surface area contributed by atoms with Crippen molar-refractivity contribution in [2.75, 3.05) is 33.4 Å². The van der Waals surface area contributed by atoms with Gasteiger partial charge >= 0.3 is 0 Å². The third-order valence-corrected chi connectivity index (χ3v) is 3.98. The monoisotopic (exact) mass is 314 g/mol. The highest BCUT2D eigenvalue weighted by molar-refractivity contribution is 5.57. The van der Waals surface area contributed by atoms with Crippen molar-refractivity contribution in [3.63, 3.8) is 0 Å². The second kappa shape index (κ2) is 7.39. The number of para-hydroxylation sites is 1. The van der Waals surface area contributed by atoms with E-state index in [1.807, 2.05) is 29.8 Å². The third kappa shape index (κ3) is 3.78. The molecule has 0 bridgehead atoms. The molecule has 1 unspecified atom stereocenters. The van der Waals surface area contributed by atoms with Crippen molar-refractivity contribution in [1.29, 1.82) is 0 Å². The fourth-order valence-electron chi connectivity index (χ4n) is 2.74. The standard InChI is InChI=1S/C17H22N4O2/c1-20-13-18-19-17(20)16-12-21(10-11-23-16)9-5-7-14-6-3-4-8-15(14)22-2/h3-8,13,16H,9-12H2,1-2H3/b7-5+. The average Bonchev–Trinajstić information content (AvgIpc) is 3.02. The summed E-state index contributed by atoms with van der Waals surface area (Å²) >= 11 is 0. The molecule has 0 aliphatic carbocycles. The molecule has 0 spiro atoms. The highest BCUT2D eigenvalue weighted by Gasteiger charge is 2.24. The second-order valence-electron chi connectivity index (χ2n) is 5.56. The molecule has 0 radical (unpaired) electrons. The molecule has 0 amide bonds. The van der Waals surface area contributed by atoms with E-state index < -0.39 is 0 Å². The van der Waals surface area contributed by atoms with Crippen LogP contribution in [0.25, 0.3) is 6.08 Å². The van der Waals surface area contributed by atoms with E-state index in [-0.39, 0.29) is 6.10 Å². The number of benzene rings is 1. The molecule has 6 heteroatoms. The molecular weight excluding hydrogens is 292 g/mol. The Balaban J connectivity index is 1.60. The molecule has 23 heavy (non-hydrogen) atoms. The summed E-state index contributed by atoms with van der Waals surface area (Å²) in [4.78, 5) is 2.36. The number of aromatic nitrogens is 3. The van der Waals surface area contributed by atoms with Crippen LogP contribution in [-0.4, -0.2) is 53.0 Å². The summed E-state index contributed by atoms with van der Waals surface area (Å²) in [5.41, 5.74) is 1.09. The van der Waals surface area contributed by atoms with Crippen LogP contribution in [0.3, 0.4) is 0 Å². The number of nitrogens with zero attached hydrogens (tertiary/aromatic N) is 4. The molecule has 0 N–H and O–H groups in total. The Kier molecular flexibility index (Phi) is 5.05. The Morgan fingerprint density at radius 2 is 2.26 bits per heavy atom. The number of morpholine rings is 1. The molecule has 122 valence electrons. The number of hydrogen-bond donors (Lipinski definition) is 0. The second-order valence-corrected chi connectivity index (χ2v) is 5.56. The van der Waals surface area contributed by atoms with E-state index in [2.05, 4.69) is 33.3 Å². The smallest absolute Gasteiger partial charge is 0.163 e. The summed E-state index contributed by atoms with van der Waals surface area (Å²) in [5.74, 6) is 1.77. The topological polar surface area (TPSA) is 52.4 Å². The van der Waals surface area contributed by atoms with Crippen molar-refractivity contribution in [3.05, 3.63) is 48.1 Å². The van der Waals surface area contributed by atoms with Gasteiger partial charge in [-0.3, -0.25) is 4.90 Å². The molecule has 1 aliphatic rings. The van der Waals surface area contributed by atoms with Gasteiger partial charge in [-0.1, -0.05) is 30.4 Å². The molecule has 1 aromatic carbocycles. The first-order valence-electron chi connectivity index (χ1n) is 7.75. The Morgan fingerprint density at radius 1 is 1.39 bits per heavy atom. The maximum atomic E-state index is 5.83. The predicted octanol–water partition coefficient (Wildman–Crippen LogP) is 1.91. The number of aryl methyl sites for hydroxylation is 1. The van der Waals surface area contributed by atoms with Gasteiger partial charge < -0.3 is 14.0 Å². The van der Waals surface area contributed by atoms with Gasteiger partial charge in [-0.25, -0.2) is 0 Å². The van der Waals surface area contributed by atoms with E-state index in [9.17, 15) is 0 Å². The van der Waals surface area contributed by atoms with E-state index in [0.29, 0.717) is 6.61 Å². The molecule has 1 saturated heterocycles. The van der Waals surface area contributed by atoms with Crippen LogP contribution in [0, 0.1) is 0 Å². The Hall–Kier alpha value is -2.18. The van der Waals surface area contributed by atoms with Gasteiger partial charge in [-0.2, -0.15) is 0 Å². The summed E-state index contributed by atoms with van der Waals surface area (Å²) in [7, 11) is 3.64. The molecule has 3 rings (SSSR count). The summed E-state index contributed by atoms with van der Waals surface area (Å²) in [5, 5.41) is 8.08.